The molecule has 0 aliphatic carbocycles. The van der Waals surface area contributed by atoms with E-state index in [1.807, 2.05) is 13.8 Å². The van der Waals surface area contributed by atoms with Gasteiger partial charge in [0.2, 0.25) is 0 Å². The van der Waals surface area contributed by atoms with E-state index in [1.54, 1.807) is 0 Å². The fourth-order valence-electron chi connectivity index (χ4n) is 2.24. The van der Waals surface area contributed by atoms with Crippen LogP contribution in [0.25, 0.3) is 0 Å². The summed E-state index contributed by atoms with van der Waals surface area (Å²) in [4.78, 5) is 2.56. The van der Waals surface area contributed by atoms with Gasteiger partial charge in [-0.1, -0.05) is 27.2 Å². The molecule has 0 aromatic rings. The van der Waals surface area contributed by atoms with Crippen LogP contribution in [0, 0.1) is 0 Å². The van der Waals surface area contributed by atoms with Gasteiger partial charge >= 0.3 is 0 Å². The van der Waals surface area contributed by atoms with Gasteiger partial charge in [0.25, 0.3) is 0 Å². The molecule has 0 saturated carbocycles. The average molecular weight is 272 g/mol. The quantitative estimate of drug-likeness (QED) is 0.654. The molecule has 1 saturated heterocycles. The highest BCUT2D eigenvalue weighted by molar-refractivity contribution is 4.73. The molecule has 0 atom stereocenters. The van der Waals surface area contributed by atoms with Crippen LogP contribution in [-0.2, 0) is 4.74 Å². The molecule has 1 aliphatic heterocycles. The maximum atomic E-state index is 5.89. The van der Waals surface area contributed by atoms with Gasteiger partial charge in [-0.25, -0.2) is 0 Å². The molecule has 0 aromatic carbocycles. The summed E-state index contributed by atoms with van der Waals surface area (Å²) in [5.41, 5.74) is 5.89. The summed E-state index contributed by atoms with van der Waals surface area (Å²) in [7, 11) is 0. The molecule has 0 spiro atoms. The molecule has 3 nitrogen and oxygen atoms in total. The minimum absolute atomic E-state index is 0.457. The Labute approximate surface area is 120 Å². The van der Waals surface area contributed by atoms with E-state index in [2.05, 4.69) is 11.8 Å². The summed E-state index contributed by atoms with van der Waals surface area (Å²) < 4.78 is 5.55. The second-order valence-electron chi connectivity index (χ2n) is 5.21. The molecule has 0 bridgehead atoms. The molecular formula is C16H36N2O. The van der Waals surface area contributed by atoms with Crippen LogP contribution < -0.4 is 5.73 Å². The Morgan fingerprint density at radius 2 is 1.63 bits per heavy atom. The van der Waals surface area contributed by atoms with Crippen molar-refractivity contribution in [1.82, 2.24) is 4.90 Å². The third-order valence-corrected chi connectivity index (χ3v) is 3.54. The first kappa shape index (κ1) is 18.9. The summed E-state index contributed by atoms with van der Waals surface area (Å²) in [6, 6.07) is 0.457. The van der Waals surface area contributed by atoms with Crippen molar-refractivity contribution in [3.8, 4) is 0 Å². The van der Waals surface area contributed by atoms with E-state index in [0.29, 0.717) is 6.04 Å². The number of rotatable bonds is 9. The number of nitrogens with zero attached hydrogens (tertiary/aromatic N) is 1. The summed E-state index contributed by atoms with van der Waals surface area (Å²) >= 11 is 0. The van der Waals surface area contributed by atoms with Gasteiger partial charge in [-0.15, -0.1) is 0 Å². The average Bonchev–Trinajstić information content (AvgIpc) is 2.46. The summed E-state index contributed by atoms with van der Waals surface area (Å²) in [5.74, 6) is 0. The predicted octanol–water partition coefficient (Wildman–Crippen LogP) is 3.42. The number of nitrogens with two attached hydrogens (primary N) is 1. The van der Waals surface area contributed by atoms with E-state index in [0.717, 1.165) is 13.2 Å². The summed E-state index contributed by atoms with van der Waals surface area (Å²) in [6.07, 6.45) is 8.63. The molecule has 0 amide bonds. The molecule has 19 heavy (non-hydrogen) atoms. The van der Waals surface area contributed by atoms with Crippen LogP contribution in [0.4, 0.5) is 0 Å². The van der Waals surface area contributed by atoms with Crippen LogP contribution in [0.5, 0.6) is 0 Å². The third-order valence-electron chi connectivity index (χ3n) is 3.54. The Morgan fingerprint density at radius 1 is 1.00 bits per heavy atom. The minimum Gasteiger partial charge on any atom is -0.381 e. The highest BCUT2D eigenvalue weighted by atomic mass is 16.5. The Kier molecular flexibility index (Phi) is 14.2. The smallest absolute Gasteiger partial charge is 0.0466 e. The minimum atomic E-state index is 0.457. The Bertz CT molecular complexity index is 168. The second-order valence-corrected chi connectivity index (χ2v) is 5.21. The predicted molar refractivity (Wildman–Crippen MR) is 84.6 cm³/mol. The molecule has 2 N–H and O–H groups in total. The van der Waals surface area contributed by atoms with Gasteiger partial charge in [-0.3, -0.25) is 0 Å². The first-order valence-electron chi connectivity index (χ1n) is 8.38. The van der Waals surface area contributed by atoms with Gasteiger partial charge < -0.3 is 15.4 Å². The Morgan fingerprint density at radius 3 is 2.26 bits per heavy atom. The first-order valence-corrected chi connectivity index (χ1v) is 8.38. The van der Waals surface area contributed by atoms with Crippen molar-refractivity contribution < 1.29 is 4.74 Å². The third kappa shape index (κ3) is 11.4. The van der Waals surface area contributed by atoms with E-state index >= 15 is 0 Å². The number of ether oxygens (including phenoxy) is 1. The topological polar surface area (TPSA) is 38.5 Å². The van der Waals surface area contributed by atoms with Gasteiger partial charge in [0.1, 0.15) is 0 Å². The van der Waals surface area contributed by atoms with E-state index in [1.165, 1.54) is 64.6 Å². The number of unbranched alkanes of at least 4 members (excludes halogenated alkanes) is 3. The van der Waals surface area contributed by atoms with Crippen molar-refractivity contribution in [3.63, 3.8) is 0 Å². The van der Waals surface area contributed by atoms with Gasteiger partial charge in [0.05, 0.1) is 0 Å². The fourth-order valence-corrected chi connectivity index (χ4v) is 2.24. The van der Waals surface area contributed by atoms with E-state index < -0.39 is 0 Å². The Hall–Kier alpha value is -0.120. The van der Waals surface area contributed by atoms with E-state index in [-0.39, 0.29) is 0 Å². The molecule has 1 rings (SSSR count). The zero-order valence-electron chi connectivity index (χ0n) is 13.5. The van der Waals surface area contributed by atoms with Gasteiger partial charge in [-0.2, -0.15) is 0 Å². The monoisotopic (exact) mass is 272 g/mol. The Balaban J connectivity index is 0.00000154. The van der Waals surface area contributed by atoms with E-state index in [4.69, 9.17) is 10.5 Å². The zero-order valence-corrected chi connectivity index (χ0v) is 13.5. The zero-order chi connectivity index (χ0) is 14.3. The SMILES string of the molecule is CC.CCCCOCCCCCN1CCC(N)CC1. The van der Waals surface area contributed by atoms with Crippen LogP contribution in [0.2, 0.25) is 0 Å². The lowest BCUT2D eigenvalue weighted by Crippen LogP contribution is -2.40. The molecule has 1 heterocycles. The van der Waals surface area contributed by atoms with Crippen LogP contribution in [0.15, 0.2) is 0 Å². The molecule has 1 aliphatic rings. The maximum Gasteiger partial charge on any atom is 0.0466 e. The van der Waals surface area contributed by atoms with Crippen LogP contribution in [0.1, 0.15) is 65.7 Å². The second kappa shape index (κ2) is 14.3. The maximum absolute atomic E-state index is 5.89. The molecule has 0 aromatic heterocycles. The first-order chi connectivity index (χ1) is 9.33. The van der Waals surface area contributed by atoms with Gasteiger partial charge in [0.15, 0.2) is 0 Å². The lowest BCUT2D eigenvalue weighted by atomic mass is 10.1. The fraction of sp³-hybridized carbons (Fsp3) is 1.00. The lowest BCUT2D eigenvalue weighted by molar-refractivity contribution is 0.125. The van der Waals surface area contributed by atoms with Crippen molar-refractivity contribution in [2.24, 2.45) is 5.73 Å². The van der Waals surface area contributed by atoms with Crippen molar-refractivity contribution in [3.05, 3.63) is 0 Å². The van der Waals surface area contributed by atoms with Crippen molar-refractivity contribution >= 4 is 0 Å². The van der Waals surface area contributed by atoms with Crippen LogP contribution in [-0.4, -0.2) is 43.8 Å². The lowest BCUT2D eigenvalue weighted by Gasteiger charge is -2.29. The molecular weight excluding hydrogens is 236 g/mol. The number of piperidine rings is 1. The highest BCUT2D eigenvalue weighted by Crippen LogP contribution is 2.09. The van der Waals surface area contributed by atoms with Gasteiger partial charge in [0, 0.05) is 19.3 Å². The number of hydrogen-bond donors (Lipinski definition) is 1. The molecule has 3 heteroatoms. The number of likely N-dealkylation sites (tertiary alicyclic amines) is 1. The van der Waals surface area contributed by atoms with Crippen LogP contribution in [0.3, 0.4) is 0 Å². The highest BCUT2D eigenvalue weighted by Gasteiger charge is 2.14. The van der Waals surface area contributed by atoms with Crippen molar-refractivity contribution in [1.29, 1.82) is 0 Å². The van der Waals surface area contributed by atoms with E-state index in [9.17, 15) is 0 Å². The van der Waals surface area contributed by atoms with Crippen molar-refractivity contribution in [2.75, 3.05) is 32.8 Å². The molecule has 0 radical (unpaired) electrons. The summed E-state index contributed by atoms with van der Waals surface area (Å²) in [6.45, 7) is 11.8. The number of hydrogen-bond acceptors (Lipinski definition) is 3. The van der Waals surface area contributed by atoms with Crippen LogP contribution >= 0.6 is 0 Å². The molecule has 116 valence electrons. The van der Waals surface area contributed by atoms with Crippen molar-refractivity contribution in [2.45, 2.75) is 71.8 Å². The molecule has 0 unspecified atom stereocenters. The molecule has 1 fully saturated rings. The standard InChI is InChI=1S/C14H30N2O.C2H6/c1-2-3-12-17-13-6-4-5-9-16-10-7-14(15)8-11-16;1-2/h14H,2-13,15H2,1H3;1-2H3. The normalized spacial score (nSPS) is 17.1. The largest absolute Gasteiger partial charge is 0.381 e. The summed E-state index contributed by atoms with van der Waals surface area (Å²) in [5, 5.41) is 0. The van der Waals surface area contributed by atoms with Gasteiger partial charge in [-0.05, 0) is 58.2 Å².